The number of aromatic nitrogens is 2. The number of halogens is 1. The third-order valence-electron chi connectivity index (χ3n) is 2.28. The van der Waals surface area contributed by atoms with E-state index in [1.165, 1.54) is 35.2 Å². The molecule has 0 radical (unpaired) electrons. The van der Waals surface area contributed by atoms with E-state index in [2.05, 4.69) is 10.3 Å². The summed E-state index contributed by atoms with van der Waals surface area (Å²) < 4.78 is 14.7. The number of imidazole rings is 1. The molecule has 1 amide bonds. The van der Waals surface area contributed by atoms with Gasteiger partial charge < -0.3 is 9.88 Å². The zero-order valence-electron chi connectivity index (χ0n) is 9.30. The van der Waals surface area contributed by atoms with Gasteiger partial charge in [-0.25, -0.2) is 9.37 Å². The van der Waals surface area contributed by atoms with Gasteiger partial charge >= 0.3 is 0 Å². The Kier molecular flexibility index (Phi) is 3.34. The van der Waals surface area contributed by atoms with Crippen molar-refractivity contribution in [2.75, 3.05) is 5.32 Å². The van der Waals surface area contributed by atoms with E-state index >= 15 is 0 Å². The highest BCUT2D eigenvalue weighted by atomic mass is 19.1. The van der Waals surface area contributed by atoms with Crippen LogP contribution in [0.3, 0.4) is 0 Å². The van der Waals surface area contributed by atoms with Crippen molar-refractivity contribution in [1.82, 2.24) is 9.55 Å². The monoisotopic (exact) mass is 244 g/mol. The highest BCUT2D eigenvalue weighted by molar-refractivity contribution is 5.90. The second-order valence-corrected chi connectivity index (χ2v) is 3.52. The molecule has 1 heterocycles. The Morgan fingerprint density at radius 3 is 3.00 bits per heavy atom. The molecule has 2 rings (SSSR count). The first-order valence-electron chi connectivity index (χ1n) is 5.16. The van der Waals surface area contributed by atoms with Gasteiger partial charge in [0.05, 0.1) is 5.69 Å². The third kappa shape index (κ3) is 2.52. The summed E-state index contributed by atoms with van der Waals surface area (Å²) in [5.74, 6) is -0.787. The highest BCUT2D eigenvalue weighted by Gasteiger charge is 2.09. The standard InChI is InChI=1S/C12H9FN4O/c13-9-3-1-2-4-10(9)16-12(18)8-17-6-5-15-11(17)7-14/h1-6H,8H2,(H,16,18). The maximum absolute atomic E-state index is 13.3. The molecule has 0 unspecified atom stereocenters. The largest absolute Gasteiger partial charge is 0.322 e. The molecule has 5 nitrogen and oxygen atoms in total. The first-order chi connectivity index (χ1) is 8.70. The Balaban J connectivity index is 2.06. The number of hydrogen-bond acceptors (Lipinski definition) is 3. The lowest BCUT2D eigenvalue weighted by Gasteiger charge is -2.07. The number of carbonyl (C=O) groups is 1. The van der Waals surface area contributed by atoms with Gasteiger partial charge in [0.15, 0.2) is 0 Å². The minimum absolute atomic E-state index is 0.0861. The lowest BCUT2D eigenvalue weighted by molar-refractivity contribution is -0.116. The molecule has 0 fully saturated rings. The number of anilines is 1. The second-order valence-electron chi connectivity index (χ2n) is 3.52. The molecule has 0 aliphatic rings. The molecule has 0 bridgehead atoms. The van der Waals surface area contributed by atoms with Crippen LogP contribution in [0.5, 0.6) is 0 Å². The van der Waals surface area contributed by atoms with Gasteiger partial charge in [-0.05, 0) is 12.1 Å². The topological polar surface area (TPSA) is 70.7 Å². The predicted octanol–water partition coefficient (Wildman–Crippen LogP) is 1.53. The summed E-state index contributed by atoms with van der Waals surface area (Å²) in [6.45, 7) is -0.0861. The molecular weight excluding hydrogens is 235 g/mol. The van der Waals surface area contributed by atoms with Gasteiger partial charge in [0.2, 0.25) is 11.7 Å². The van der Waals surface area contributed by atoms with Crippen molar-refractivity contribution in [3.8, 4) is 6.07 Å². The molecule has 1 N–H and O–H groups in total. The van der Waals surface area contributed by atoms with Gasteiger partial charge in [-0.2, -0.15) is 5.26 Å². The van der Waals surface area contributed by atoms with Crippen LogP contribution < -0.4 is 5.32 Å². The number of para-hydroxylation sites is 1. The van der Waals surface area contributed by atoms with Crippen molar-refractivity contribution in [3.05, 3.63) is 48.3 Å². The molecule has 1 aromatic carbocycles. The summed E-state index contributed by atoms with van der Waals surface area (Å²) in [6.07, 6.45) is 2.94. The fraction of sp³-hybridized carbons (Fsp3) is 0.0833. The van der Waals surface area contributed by atoms with Crippen molar-refractivity contribution in [2.24, 2.45) is 0 Å². The normalized spacial score (nSPS) is 9.78. The van der Waals surface area contributed by atoms with Crippen LogP contribution in [0.25, 0.3) is 0 Å². The van der Waals surface area contributed by atoms with E-state index in [-0.39, 0.29) is 18.1 Å². The molecule has 18 heavy (non-hydrogen) atoms. The Labute approximate surface area is 102 Å². The minimum Gasteiger partial charge on any atom is -0.322 e. The van der Waals surface area contributed by atoms with E-state index in [4.69, 9.17) is 5.26 Å². The van der Waals surface area contributed by atoms with Gasteiger partial charge in [-0.1, -0.05) is 12.1 Å². The summed E-state index contributed by atoms with van der Waals surface area (Å²) in [4.78, 5) is 15.4. The molecule has 6 heteroatoms. The second kappa shape index (κ2) is 5.10. The number of carbonyl (C=O) groups excluding carboxylic acids is 1. The first-order valence-corrected chi connectivity index (χ1v) is 5.16. The van der Waals surface area contributed by atoms with Gasteiger partial charge in [0, 0.05) is 12.4 Å². The number of hydrogen-bond donors (Lipinski definition) is 1. The van der Waals surface area contributed by atoms with Crippen LogP contribution in [0.15, 0.2) is 36.7 Å². The van der Waals surface area contributed by atoms with Crippen molar-refractivity contribution in [2.45, 2.75) is 6.54 Å². The van der Waals surface area contributed by atoms with Gasteiger partial charge in [0.25, 0.3) is 0 Å². The lowest BCUT2D eigenvalue weighted by Crippen LogP contribution is -2.19. The van der Waals surface area contributed by atoms with Crippen LogP contribution in [-0.4, -0.2) is 15.5 Å². The van der Waals surface area contributed by atoms with Crippen molar-refractivity contribution in [3.63, 3.8) is 0 Å². The van der Waals surface area contributed by atoms with Crippen LogP contribution in [0.4, 0.5) is 10.1 Å². The predicted molar refractivity (Wildman–Crippen MR) is 62.0 cm³/mol. The molecule has 90 valence electrons. The van der Waals surface area contributed by atoms with Crippen LogP contribution >= 0.6 is 0 Å². The summed E-state index contributed by atoms with van der Waals surface area (Å²) in [6, 6.07) is 7.73. The number of nitriles is 1. The minimum atomic E-state index is -0.503. The molecular formula is C12H9FN4O. The van der Waals surface area contributed by atoms with Crippen molar-refractivity contribution in [1.29, 1.82) is 5.26 Å². The zero-order chi connectivity index (χ0) is 13.0. The number of nitrogens with zero attached hydrogens (tertiary/aromatic N) is 3. The summed E-state index contributed by atoms with van der Waals surface area (Å²) in [5, 5.41) is 11.2. The van der Waals surface area contributed by atoms with E-state index in [9.17, 15) is 9.18 Å². The van der Waals surface area contributed by atoms with E-state index in [1.807, 2.05) is 6.07 Å². The Bertz CT molecular complexity index is 609. The van der Waals surface area contributed by atoms with Crippen LogP contribution in [0.1, 0.15) is 5.82 Å². The quantitative estimate of drug-likeness (QED) is 0.890. The fourth-order valence-corrected chi connectivity index (χ4v) is 1.46. The Morgan fingerprint density at radius 2 is 2.28 bits per heavy atom. The molecule has 0 spiro atoms. The summed E-state index contributed by atoms with van der Waals surface area (Å²) in [5.41, 5.74) is 0.112. The van der Waals surface area contributed by atoms with Crippen LogP contribution in [-0.2, 0) is 11.3 Å². The number of nitrogens with one attached hydrogen (secondary N) is 1. The number of amides is 1. The molecule has 0 saturated heterocycles. The van der Waals surface area contributed by atoms with Crippen LogP contribution in [0.2, 0.25) is 0 Å². The Morgan fingerprint density at radius 1 is 1.50 bits per heavy atom. The zero-order valence-corrected chi connectivity index (χ0v) is 9.30. The first kappa shape index (κ1) is 11.8. The van der Waals surface area contributed by atoms with Crippen LogP contribution in [0, 0.1) is 17.1 Å². The molecule has 0 saturated carbocycles. The average Bonchev–Trinajstić information content (AvgIpc) is 2.79. The van der Waals surface area contributed by atoms with E-state index < -0.39 is 11.7 Å². The van der Waals surface area contributed by atoms with E-state index in [0.717, 1.165) is 0 Å². The van der Waals surface area contributed by atoms with E-state index in [0.29, 0.717) is 0 Å². The number of benzene rings is 1. The van der Waals surface area contributed by atoms with Gasteiger partial charge in [-0.15, -0.1) is 0 Å². The molecule has 0 aliphatic heterocycles. The lowest BCUT2D eigenvalue weighted by atomic mass is 10.3. The van der Waals surface area contributed by atoms with E-state index in [1.54, 1.807) is 6.07 Å². The Hall–Kier alpha value is -2.68. The smallest absolute Gasteiger partial charge is 0.244 e. The molecule has 2 aromatic rings. The van der Waals surface area contributed by atoms with Crippen molar-refractivity contribution < 1.29 is 9.18 Å². The molecule has 0 atom stereocenters. The average molecular weight is 244 g/mol. The number of rotatable bonds is 3. The van der Waals surface area contributed by atoms with Gasteiger partial charge in [-0.3, -0.25) is 4.79 Å². The SMILES string of the molecule is N#Cc1nccn1CC(=O)Nc1ccccc1F. The third-order valence-corrected chi connectivity index (χ3v) is 2.28. The summed E-state index contributed by atoms with van der Waals surface area (Å²) >= 11 is 0. The van der Waals surface area contributed by atoms with Crippen molar-refractivity contribution >= 4 is 11.6 Å². The van der Waals surface area contributed by atoms with Gasteiger partial charge in [0.1, 0.15) is 18.4 Å². The highest BCUT2D eigenvalue weighted by Crippen LogP contribution is 2.12. The maximum Gasteiger partial charge on any atom is 0.244 e. The molecule has 0 aliphatic carbocycles. The molecule has 1 aromatic heterocycles. The maximum atomic E-state index is 13.3. The fourth-order valence-electron chi connectivity index (χ4n) is 1.46. The summed E-state index contributed by atoms with van der Waals surface area (Å²) in [7, 11) is 0.